The van der Waals surface area contributed by atoms with E-state index >= 15 is 0 Å². The molecule has 2 N–H and O–H groups in total. The highest BCUT2D eigenvalue weighted by Crippen LogP contribution is 2.28. The molecule has 2 rings (SSSR count). The van der Waals surface area contributed by atoms with Crippen LogP contribution in [0, 0.1) is 12.8 Å². The second-order valence-electron chi connectivity index (χ2n) is 4.84. The summed E-state index contributed by atoms with van der Waals surface area (Å²) in [7, 11) is 0. The number of aryl methyl sites for hydroxylation is 1. The molecular weight excluding hydrogens is 214 g/mol. The smallest absolute Gasteiger partial charge is 0.122 e. The van der Waals surface area contributed by atoms with Crippen molar-refractivity contribution in [3.8, 4) is 5.75 Å². The summed E-state index contributed by atoms with van der Waals surface area (Å²) in [6, 6.07) is 6.29. The summed E-state index contributed by atoms with van der Waals surface area (Å²) < 4.78 is 5.90. The molecule has 0 atom stereocenters. The molecule has 0 radical (unpaired) electrons. The predicted molar refractivity (Wildman–Crippen MR) is 67.9 cm³/mol. The van der Waals surface area contributed by atoms with Crippen LogP contribution in [0.25, 0.3) is 0 Å². The molecule has 1 fully saturated rings. The molecule has 1 saturated carbocycles. The minimum Gasteiger partial charge on any atom is -0.493 e. The van der Waals surface area contributed by atoms with Crippen molar-refractivity contribution >= 4 is 0 Å². The fraction of sp³-hybridized carbons (Fsp3) is 0.571. The van der Waals surface area contributed by atoms with E-state index in [1.54, 1.807) is 0 Å². The van der Waals surface area contributed by atoms with Crippen LogP contribution in [0.1, 0.15) is 30.4 Å². The zero-order valence-corrected chi connectivity index (χ0v) is 10.4. The Kier molecular flexibility index (Phi) is 4.40. The lowest BCUT2D eigenvalue weighted by molar-refractivity contribution is 0.139. The van der Waals surface area contributed by atoms with E-state index in [9.17, 15) is 0 Å². The molecule has 0 aliphatic heterocycles. The Balaban J connectivity index is 1.97. The van der Waals surface area contributed by atoms with Gasteiger partial charge in [0, 0.05) is 6.42 Å². The molecule has 1 aromatic carbocycles. The quantitative estimate of drug-likeness (QED) is 0.771. The third-order valence-electron chi connectivity index (χ3n) is 3.40. The minimum atomic E-state index is 0.531. The number of hydrogen-bond acceptors (Lipinski definition) is 3. The standard InChI is InChI=1S/C14H21NO2/c1-11-5-6-14(13(9-11)7-8-17-15)16-10-12-3-2-4-12/h5-6,9,12H,2-4,7-8,10,15H2,1H3. The molecule has 1 aliphatic rings. The highest BCUT2D eigenvalue weighted by molar-refractivity contribution is 5.37. The lowest BCUT2D eigenvalue weighted by Gasteiger charge is -2.25. The minimum absolute atomic E-state index is 0.531. The lowest BCUT2D eigenvalue weighted by Crippen LogP contribution is -2.19. The van der Waals surface area contributed by atoms with Crippen molar-refractivity contribution in [2.75, 3.05) is 13.2 Å². The third kappa shape index (κ3) is 3.45. The normalized spacial score (nSPS) is 15.6. The monoisotopic (exact) mass is 235 g/mol. The third-order valence-corrected chi connectivity index (χ3v) is 3.40. The van der Waals surface area contributed by atoms with Gasteiger partial charge in [0.2, 0.25) is 0 Å². The van der Waals surface area contributed by atoms with Crippen LogP contribution in [0.4, 0.5) is 0 Å². The Hall–Kier alpha value is -1.06. The van der Waals surface area contributed by atoms with Gasteiger partial charge < -0.3 is 9.57 Å². The van der Waals surface area contributed by atoms with E-state index in [4.69, 9.17) is 10.6 Å². The Bertz CT molecular complexity index is 361. The number of ether oxygens (including phenoxy) is 1. The summed E-state index contributed by atoms with van der Waals surface area (Å²) in [5.41, 5.74) is 2.43. The van der Waals surface area contributed by atoms with Gasteiger partial charge in [-0.3, -0.25) is 0 Å². The van der Waals surface area contributed by atoms with Crippen molar-refractivity contribution in [3.63, 3.8) is 0 Å². The topological polar surface area (TPSA) is 44.5 Å². The molecule has 0 amide bonds. The van der Waals surface area contributed by atoms with Crippen molar-refractivity contribution in [1.29, 1.82) is 0 Å². The summed E-state index contributed by atoms with van der Waals surface area (Å²) in [6.07, 6.45) is 4.79. The van der Waals surface area contributed by atoms with Crippen molar-refractivity contribution in [1.82, 2.24) is 0 Å². The van der Waals surface area contributed by atoms with Gasteiger partial charge in [0.15, 0.2) is 0 Å². The number of nitrogens with two attached hydrogens (primary N) is 1. The van der Waals surface area contributed by atoms with Gasteiger partial charge in [-0.25, -0.2) is 5.90 Å². The molecule has 1 aromatic rings. The Morgan fingerprint density at radius 1 is 1.35 bits per heavy atom. The zero-order valence-electron chi connectivity index (χ0n) is 10.4. The maximum Gasteiger partial charge on any atom is 0.122 e. The van der Waals surface area contributed by atoms with Gasteiger partial charge in [-0.05, 0) is 37.3 Å². The first kappa shape index (κ1) is 12.4. The van der Waals surface area contributed by atoms with Gasteiger partial charge in [-0.2, -0.15) is 0 Å². The van der Waals surface area contributed by atoms with Crippen LogP contribution in [-0.4, -0.2) is 13.2 Å². The van der Waals surface area contributed by atoms with E-state index in [1.807, 2.05) is 0 Å². The Morgan fingerprint density at radius 3 is 2.82 bits per heavy atom. The average molecular weight is 235 g/mol. The van der Waals surface area contributed by atoms with Crippen LogP contribution < -0.4 is 10.6 Å². The fourth-order valence-corrected chi connectivity index (χ4v) is 2.08. The fourth-order valence-electron chi connectivity index (χ4n) is 2.08. The summed E-state index contributed by atoms with van der Waals surface area (Å²) in [5, 5.41) is 0. The average Bonchev–Trinajstić information content (AvgIpc) is 2.26. The van der Waals surface area contributed by atoms with E-state index in [0.29, 0.717) is 6.61 Å². The van der Waals surface area contributed by atoms with Crippen LogP contribution in [0.15, 0.2) is 18.2 Å². The molecule has 17 heavy (non-hydrogen) atoms. The van der Waals surface area contributed by atoms with Crippen LogP contribution in [-0.2, 0) is 11.3 Å². The van der Waals surface area contributed by atoms with Gasteiger partial charge in [0.25, 0.3) is 0 Å². The van der Waals surface area contributed by atoms with Crippen LogP contribution >= 0.6 is 0 Å². The van der Waals surface area contributed by atoms with Crippen LogP contribution in [0.3, 0.4) is 0 Å². The van der Waals surface area contributed by atoms with E-state index in [1.165, 1.54) is 30.4 Å². The lowest BCUT2D eigenvalue weighted by atomic mass is 9.86. The highest BCUT2D eigenvalue weighted by atomic mass is 16.6. The van der Waals surface area contributed by atoms with Crippen molar-refractivity contribution in [3.05, 3.63) is 29.3 Å². The molecule has 0 bridgehead atoms. The van der Waals surface area contributed by atoms with E-state index < -0.39 is 0 Å². The van der Waals surface area contributed by atoms with Crippen molar-refractivity contribution < 1.29 is 9.57 Å². The molecule has 0 aromatic heterocycles. The van der Waals surface area contributed by atoms with E-state index in [-0.39, 0.29) is 0 Å². The van der Waals surface area contributed by atoms with E-state index in [0.717, 1.165) is 24.7 Å². The molecule has 0 heterocycles. The molecule has 94 valence electrons. The second-order valence-corrected chi connectivity index (χ2v) is 4.84. The number of benzene rings is 1. The summed E-state index contributed by atoms with van der Waals surface area (Å²) >= 11 is 0. The van der Waals surface area contributed by atoms with Gasteiger partial charge in [0.05, 0.1) is 13.2 Å². The van der Waals surface area contributed by atoms with Gasteiger partial charge in [-0.1, -0.05) is 24.1 Å². The van der Waals surface area contributed by atoms with Crippen molar-refractivity contribution in [2.45, 2.75) is 32.6 Å². The molecule has 3 nitrogen and oxygen atoms in total. The maximum atomic E-state index is 5.90. The first-order valence-electron chi connectivity index (χ1n) is 6.33. The summed E-state index contributed by atoms with van der Waals surface area (Å²) in [6.45, 7) is 3.46. The van der Waals surface area contributed by atoms with Gasteiger partial charge >= 0.3 is 0 Å². The second kappa shape index (κ2) is 6.03. The predicted octanol–water partition coefficient (Wildman–Crippen LogP) is 2.61. The summed E-state index contributed by atoms with van der Waals surface area (Å²) in [4.78, 5) is 4.64. The molecule has 1 aliphatic carbocycles. The van der Waals surface area contributed by atoms with Gasteiger partial charge in [-0.15, -0.1) is 0 Å². The molecular formula is C14H21NO2. The first-order chi connectivity index (χ1) is 8.29. The highest BCUT2D eigenvalue weighted by Gasteiger charge is 2.18. The zero-order chi connectivity index (χ0) is 12.1. The van der Waals surface area contributed by atoms with Crippen LogP contribution in [0.5, 0.6) is 5.75 Å². The summed E-state index contributed by atoms with van der Waals surface area (Å²) in [5.74, 6) is 6.82. The Morgan fingerprint density at radius 2 is 2.18 bits per heavy atom. The van der Waals surface area contributed by atoms with Crippen LogP contribution in [0.2, 0.25) is 0 Å². The van der Waals surface area contributed by atoms with E-state index in [2.05, 4.69) is 30.0 Å². The number of hydrogen-bond donors (Lipinski definition) is 1. The van der Waals surface area contributed by atoms with Crippen molar-refractivity contribution in [2.24, 2.45) is 11.8 Å². The Labute approximate surface area is 103 Å². The first-order valence-corrected chi connectivity index (χ1v) is 6.33. The van der Waals surface area contributed by atoms with Gasteiger partial charge in [0.1, 0.15) is 5.75 Å². The maximum absolute atomic E-state index is 5.90. The molecule has 0 unspecified atom stereocenters. The number of rotatable bonds is 6. The SMILES string of the molecule is Cc1ccc(OCC2CCC2)c(CCON)c1. The largest absolute Gasteiger partial charge is 0.493 e. The molecule has 3 heteroatoms. The molecule has 0 saturated heterocycles. The molecule has 0 spiro atoms.